The average molecular weight is 327 g/mol. The smallest absolute Gasteiger partial charge is 0.361 e. The van der Waals surface area contributed by atoms with E-state index < -0.39 is 5.97 Å². The van der Waals surface area contributed by atoms with E-state index in [0.29, 0.717) is 12.2 Å². The summed E-state index contributed by atoms with van der Waals surface area (Å²) < 4.78 is 10.9. The van der Waals surface area contributed by atoms with Crippen molar-refractivity contribution in [2.24, 2.45) is 5.16 Å². The summed E-state index contributed by atoms with van der Waals surface area (Å²) in [5.41, 5.74) is 2.63. The van der Waals surface area contributed by atoms with E-state index in [9.17, 15) is 4.79 Å². The number of nitrogens with zero attached hydrogens (tertiary/aromatic N) is 1. The van der Waals surface area contributed by atoms with Crippen LogP contribution >= 0.6 is 0 Å². The molecule has 0 radical (unpaired) electrons. The lowest BCUT2D eigenvalue weighted by Gasteiger charge is -2.13. The highest BCUT2D eigenvalue weighted by Gasteiger charge is 2.19. The van der Waals surface area contributed by atoms with Gasteiger partial charge in [0.05, 0.1) is 6.61 Å². The molecule has 0 fully saturated rings. The number of hydrogen-bond acceptors (Lipinski definition) is 5. The van der Waals surface area contributed by atoms with Crippen LogP contribution in [-0.4, -0.2) is 25.4 Å². The zero-order chi connectivity index (χ0) is 17.4. The first-order chi connectivity index (χ1) is 11.7. The molecule has 0 aromatic heterocycles. The maximum atomic E-state index is 12.1. The molecule has 0 heterocycles. The predicted octanol–water partition coefficient (Wildman–Crippen LogP) is 3.49. The molecule has 5 nitrogen and oxygen atoms in total. The van der Waals surface area contributed by atoms with Crippen molar-refractivity contribution in [1.29, 1.82) is 0 Å². The van der Waals surface area contributed by atoms with Crippen LogP contribution in [-0.2, 0) is 21.0 Å². The van der Waals surface area contributed by atoms with E-state index in [1.807, 2.05) is 49.4 Å². The number of benzene rings is 2. The summed E-state index contributed by atoms with van der Waals surface area (Å²) in [5, 5.41) is 3.83. The standard InChI is InChI=1S/C19H21NO4/c1-4-23-19(21)18(20-22-3)16-11-7-6-10-15(16)13-24-17-12-8-5-9-14(17)2/h5-12H,4,13H2,1-3H3. The van der Waals surface area contributed by atoms with E-state index in [2.05, 4.69) is 5.16 Å². The Kier molecular flexibility index (Phi) is 6.37. The highest BCUT2D eigenvalue weighted by Crippen LogP contribution is 2.20. The predicted molar refractivity (Wildman–Crippen MR) is 92.1 cm³/mol. The molecule has 0 atom stereocenters. The van der Waals surface area contributed by atoms with Gasteiger partial charge in [0.2, 0.25) is 0 Å². The molecule has 0 aliphatic carbocycles. The van der Waals surface area contributed by atoms with Crippen LogP contribution in [0.2, 0.25) is 0 Å². The molecule has 2 aromatic rings. The van der Waals surface area contributed by atoms with Crippen LogP contribution in [0.1, 0.15) is 23.6 Å². The highest BCUT2D eigenvalue weighted by atomic mass is 16.6. The summed E-state index contributed by atoms with van der Waals surface area (Å²) in [5.74, 6) is 0.274. The van der Waals surface area contributed by atoms with E-state index in [1.54, 1.807) is 13.0 Å². The summed E-state index contributed by atoms with van der Waals surface area (Å²) in [4.78, 5) is 16.9. The van der Waals surface area contributed by atoms with Gasteiger partial charge in [-0.2, -0.15) is 0 Å². The molecule has 0 amide bonds. The lowest BCUT2D eigenvalue weighted by atomic mass is 10.0. The second-order valence-electron chi connectivity index (χ2n) is 5.05. The van der Waals surface area contributed by atoms with Gasteiger partial charge in [0.15, 0.2) is 5.71 Å². The van der Waals surface area contributed by atoms with Gasteiger partial charge in [0.1, 0.15) is 19.5 Å². The molecule has 0 aliphatic heterocycles. The van der Waals surface area contributed by atoms with Crippen LogP contribution in [0.15, 0.2) is 53.7 Å². The van der Waals surface area contributed by atoms with Crippen molar-refractivity contribution in [3.8, 4) is 5.75 Å². The Morgan fingerprint density at radius 2 is 1.79 bits per heavy atom. The normalized spacial score (nSPS) is 11.0. The van der Waals surface area contributed by atoms with Gasteiger partial charge < -0.3 is 14.3 Å². The Morgan fingerprint density at radius 1 is 1.08 bits per heavy atom. The number of carbonyl (C=O) groups excluding carboxylic acids is 1. The second kappa shape index (κ2) is 8.72. The third kappa shape index (κ3) is 4.35. The quantitative estimate of drug-likeness (QED) is 0.444. The van der Waals surface area contributed by atoms with Crippen molar-refractivity contribution in [3.05, 3.63) is 65.2 Å². The number of oxime groups is 1. The molecule has 2 aromatic carbocycles. The number of ether oxygens (including phenoxy) is 2. The van der Waals surface area contributed by atoms with E-state index in [-0.39, 0.29) is 12.3 Å². The van der Waals surface area contributed by atoms with Crippen molar-refractivity contribution in [1.82, 2.24) is 0 Å². The van der Waals surface area contributed by atoms with Crippen LogP contribution in [0.3, 0.4) is 0 Å². The SMILES string of the molecule is CCOC(=O)C(=NOC)c1ccccc1COc1ccccc1C. The van der Waals surface area contributed by atoms with Gasteiger partial charge in [-0.05, 0) is 31.0 Å². The molecular formula is C19H21NO4. The minimum atomic E-state index is -0.525. The van der Waals surface area contributed by atoms with Crippen molar-refractivity contribution in [2.75, 3.05) is 13.7 Å². The van der Waals surface area contributed by atoms with Crippen molar-refractivity contribution >= 4 is 11.7 Å². The summed E-state index contributed by atoms with van der Waals surface area (Å²) in [6.07, 6.45) is 0. The zero-order valence-electron chi connectivity index (χ0n) is 14.1. The summed E-state index contributed by atoms with van der Waals surface area (Å²) in [7, 11) is 1.39. The fourth-order valence-electron chi connectivity index (χ4n) is 2.24. The van der Waals surface area contributed by atoms with Crippen molar-refractivity contribution in [3.63, 3.8) is 0 Å². The minimum Gasteiger partial charge on any atom is -0.489 e. The molecule has 0 spiro atoms. The minimum absolute atomic E-state index is 0.128. The first kappa shape index (κ1) is 17.5. The summed E-state index contributed by atoms with van der Waals surface area (Å²) in [6, 6.07) is 15.2. The molecule has 0 saturated heterocycles. The van der Waals surface area contributed by atoms with Gasteiger partial charge in [-0.1, -0.05) is 47.6 Å². The largest absolute Gasteiger partial charge is 0.489 e. The molecule has 5 heteroatoms. The van der Waals surface area contributed by atoms with Crippen LogP contribution in [0.5, 0.6) is 5.75 Å². The van der Waals surface area contributed by atoms with Gasteiger partial charge in [-0.3, -0.25) is 0 Å². The maximum absolute atomic E-state index is 12.1. The molecule has 0 aliphatic rings. The van der Waals surface area contributed by atoms with Gasteiger partial charge in [-0.15, -0.1) is 0 Å². The van der Waals surface area contributed by atoms with Crippen LogP contribution in [0, 0.1) is 6.92 Å². The van der Waals surface area contributed by atoms with Gasteiger partial charge in [0.25, 0.3) is 0 Å². The fraction of sp³-hybridized carbons (Fsp3) is 0.263. The second-order valence-corrected chi connectivity index (χ2v) is 5.05. The zero-order valence-corrected chi connectivity index (χ0v) is 14.1. The number of carbonyl (C=O) groups is 1. The third-order valence-corrected chi connectivity index (χ3v) is 3.40. The van der Waals surface area contributed by atoms with Crippen LogP contribution in [0.4, 0.5) is 0 Å². The topological polar surface area (TPSA) is 57.1 Å². The average Bonchev–Trinajstić information content (AvgIpc) is 2.59. The third-order valence-electron chi connectivity index (χ3n) is 3.40. The Bertz CT molecular complexity index is 725. The maximum Gasteiger partial charge on any atom is 0.361 e. The lowest BCUT2D eigenvalue weighted by molar-refractivity contribution is -0.135. The molecule has 24 heavy (non-hydrogen) atoms. The molecule has 0 saturated carbocycles. The number of aryl methyl sites for hydroxylation is 1. The highest BCUT2D eigenvalue weighted by molar-refractivity contribution is 6.43. The van der Waals surface area contributed by atoms with E-state index in [0.717, 1.165) is 16.9 Å². The van der Waals surface area contributed by atoms with Crippen molar-refractivity contribution in [2.45, 2.75) is 20.5 Å². The molecule has 0 bridgehead atoms. The molecule has 0 N–H and O–H groups in total. The van der Waals surface area contributed by atoms with E-state index in [1.165, 1.54) is 7.11 Å². The Balaban J connectivity index is 2.27. The summed E-state index contributed by atoms with van der Waals surface area (Å²) in [6.45, 7) is 4.31. The van der Waals surface area contributed by atoms with E-state index >= 15 is 0 Å². The number of hydrogen-bond donors (Lipinski definition) is 0. The molecule has 2 rings (SSSR count). The number of esters is 1. The van der Waals surface area contributed by atoms with Crippen molar-refractivity contribution < 1.29 is 19.1 Å². The summed E-state index contributed by atoms with van der Waals surface area (Å²) >= 11 is 0. The monoisotopic (exact) mass is 327 g/mol. The fourth-order valence-corrected chi connectivity index (χ4v) is 2.24. The van der Waals surface area contributed by atoms with Gasteiger partial charge >= 0.3 is 5.97 Å². The number of rotatable bonds is 7. The lowest BCUT2D eigenvalue weighted by Crippen LogP contribution is -2.21. The molecule has 126 valence electrons. The Hall–Kier alpha value is -2.82. The first-order valence-corrected chi connectivity index (χ1v) is 7.72. The van der Waals surface area contributed by atoms with Gasteiger partial charge in [-0.25, -0.2) is 4.79 Å². The number of para-hydroxylation sites is 1. The first-order valence-electron chi connectivity index (χ1n) is 7.72. The Labute approximate surface area is 141 Å². The van der Waals surface area contributed by atoms with E-state index in [4.69, 9.17) is 14.3 Å². The van der Waals surface area contributed by atoms with Gasteiger partial charge in [0, 0.05) is 5.56 Å². The molecular weight excluding hydrogens is 306 g/mol. The molecule has 0 unspecified atom stereocenters. The van der Waals surface area contributed by atoms with Crippen LogP contribution in [0.25, 0.3) is 0 Å². The van der Waals surface area contributed by atoms with Crippen LogP contribution < -0.4 is 4.74 Å². The Morgan fingerprint density at radius 3 is 2.50 bits per heavy atom.